The fourth-order valence-electron chi connectivity index (χ4n) is 3.54. The highest BCUT2D eigenvalue weighted by Crippen LogP contribution is 2.45. The van der Waals surface area contributed by atoms with Crippen LogP contribution in [0.5, 0.6) is 0 Å². The summed E-state index contributed by atoms with van der Waals surface area (Å²) >= 11 is 1.57. The van der Waals surface area contributed by atoms with E-state index in [9.17, 15) is 0 Å². The van der Waals surface area contributed by atoms with Crippen LogP contribution in [-0.4, -0.2) is 27.6 Å². The third-order valence-electron chi connectivity index (χ3n) is 4.34. The molecule has 3 nitrogen and oxygen atoms in total. The first kappa shape index (κ1) is 11.6. The van der Waals surface area contributed by atoms with Crippen molar-refractivity contribution < 1.29 is 0 Å². The smallest absolute Gasteiger partial charge is 0.109 e. The van der Waals surface area contributed by atoms with Crippen LogP contribution in [0.3, 0.4) is 0 Å². The molecule has 4 rings (SSSR count). The highest BCUT2D eigenvalue weighted by Gasteiger charge is 2.35. The van der Waals surface area contributed by atoms with Gasteiger partial charge in [-0.3, -0.25) is 4.90 Å². The fourth-order valence-corrected chi connectivity index (χ4v) is 4.23. The van der Waals surface area contributed by atoms with E-state index in [1.807, 2.05) is 0 Å². The van der Waals surface area contributed by atoms with Crippen LogP contribution < -0.4 is 0 Å². The molecule has 2 aromatic rings. The van der Waals surface area contributed by atoms with Gasteiger partial charge in [-0.2, -0.15) is 0 Å². The zero-order chi connectivity index (χ0) is 12.8. The van der Waals surface area contributed by atoms with Gasteiger partial charge in [0.2, 0.25) is 0 Å². The minimum absolute atomic E-state index is 0.551. The van der Waals surface area contributed by atoms with Crippen LogP contribution in [0.15, 0.2) is 18.2 Å². The number of fused-ring (bicyclic) bond motifs is 2. The third-order valence-corrected chi connectivity index (χ3v) is 5.08. The van der Waals surface area contributed by atoms with Gasteiger partial charge in [-0.05, 0) is 42.0 Å². The Balaban J connectivity index is 1.90. The number of hydrogen-bond donors (Lipinski definition) is 0. The third kappa shape index (κ3) is 1.66. The van der Waals surface area contributed by atoms with Gasteiger partial charge in [-0.1, -0.05) is 29.6 Å². The molecule has 2 heterocycles. The van der Waals surface area contributed by atoms with Crippen LogP contribution in [-0.2, 0) is 12.8 Å². The SMILES string of the molecule is CCCN1CCc2cccc3c2C1Cc1snnc1-3. The molecule has 2 aliphatic rings. The lowest BCUT2D eigenvalue weighted by molar-refractivity contribution is 0.184. The van der Waals surface area contributed by atoms with E-state index in [-0.39, 0.29) is 0 Å². The summed E-state index contributed by atoms with van der Waals surface area (Å²) in [5.74, 6) is 0. The molecule has 19 heavy (non-hydrogen) atoms. The highest BCUT2D eigenvalue weighted by molar-refractivity contribution is 7.06. The first-order chi connectivity index (χ1) is 9.38. The molecule has 0 spiro atoms. The normalized spacial score (nSPS) is 21.0. The van der Waals surface area contributed by atoms with Crippen molar-refractivity contribution in [2.75, 3.05) is 13.1 Å². The Morgan fingerprint density at radius 2 is 2.37 bits per heavy atom. The average molecular weight is 271 g/mol. The molecule has 1 aliphatic carbocycles. The Bertz CT molecular complexity index is 620. The predicted molar refractivity (Wildman–Crippen MR) is 77.4 cm³/mol. The van der Waals surface area contributed by atoms with Crippen LogP contribution in [0.25, 0.3) is 11.3 Å². The van der Waals surface area contributed by atoms with E-state index in [4.69, 9.17) is 0 Å². The van der Waals surface area contributed by atoms with Gasteiger partial charge in [-0.25, -0.2) is 0 Å². The fraction of sp³-hybridized carbons (Fsp3) is 0.467. The van der Waals surface area contributed by atoms with E-state index >= 15 is 0 Å². The number of rotatable bonds is 2. The Labute approximate surface area is 117 Å². The summed E-state index contributed by atoms with van der Waals surface area (Å²) in [6.07, 6.45) is 3.49. The maximum Gasteiger partial charge on any atom is 0.109 e. The second kappa shape index (κ2) is 4.39. The Morgan fingerprint density at radius 3 is 3.26 bits per heavy atom. The summed E-state index contributed by atoms with van der Waals surface area (Å²) in [7, 11) is 0. The summed E-state index contributed by atoms with van der Waals surface area (Å²) in [6, 6.07) is 7.24. The van der Waals surface area contributed by atoms with Crippen LogP contribution >= 0.6 is 11.5 Å². The Hall–Kier alpha value is -1.26. The van der Waals surface area contributed by atoms with Crippen molar-refractivity contribution in [2.24, 2.45) is 0 Å². The highest BCUT2D eigenvalue weighted by atomic mass is 32.1. The molecule has 1 aromatic carbocycles. The first-order valence-corrected chi connectivity index (χ1v) is 7.83. The monoisotopic (exact) mass is 271 g/mol. The van der Waals surface area contributed by atoms with Crippen LogP contribution in [0.2, 0.25) is 0 Å². The van der Waals surface area contributed by atoms with Crippen molar-refractivity contribution in [3.8, 4) is 11.3 Å². The van der Waals surface area contributed by atoms with Gasteiger partial charge in [0.25, 0.3) is 0 Å². The van der Waals surface area contributed by atoms with Crippen molar-refractivity contribution in [1.29, 1.82) is 0 Å². The lowest BCUT2D eigenvalue weighted by Gasteiger charge is -2.40. The van der Waals surface area contributed by atoms with Crippen LogP contribution in [0, 0.1) is 0 Å². The summed E-state index contributed by atoms with van der Waals surface area (Å²) < 4.78 is 4.17. The molecular formula is C15H17N3S. The number of aromatic nitrogens is 2. The van der Waals surface area contributed by atoms with E-state index < -0.39 is 0 Å². The molecule has 98 valence electrons. The second-order valence-electron chi connectivity index (χ2n) is 5.43. The van der Waals surface area contributed by atoms with E-state index in [1.54, 1.807) is 11.5 Å². The lowest BCUT2D eigenvalue weighted by Crippen LogP contribution is -2.38. The number of benzene rings is 1. The average Bonchev–Trinajstić information content (AvgIpc) is 2.90. The molecule has 1 aromatic heterocycles. The molecule has 0 radical (unpaired) electrons. The van der Waals surface area contributed by atoms with Gasteiger partial charge in [0.05, 0.1) is 4.88 Å². The zero-order valence-corrected chi connectivity index (χ0v) is 11.9. The van der Waals surface area contributed by atoms with E-state index in [0.717, 1.165) is 12.1 Å². The maximum atomic E-state index is 4.35. The van der Waals surface area contributed by atoms with Gasteiger partial charge in [0.1, 0.15) is 5.69 Å². The molecule has 1 atom stereocenters. The van der Waals surface area contributed by atoms with Gasteiger partial charge >= 0.3 is 0 Å². The molecule has 0 saturated carbocycles. The van der Waals surface area contributed by atoms with E-state index in [1.165, 1.54) is 47.5 Å². The van der Waals surface area contributed by atoms with E-state index in [0.29, 0.717) is 6.04 Å². The molecule has 4 heteroatoms. The topological polar surface area (TPSA) is 29.0 Å². The summed E-state index contributed by atoms with van der Waals surface area (Å²) in [4.78, 5) is 4.01. The molecule has 1 unspecified atom stereocenters. The minimum atomic E-state index is 0.551. The summed E-state index contributed by atoms with van der Waals surface area (Å²) in [5.41, 5.74) is 5.52. The molecule has 0 fully saturated rings. The van der Waals surface area contributed by atoms with E-state index in [2.05, 4.69) is 39.6 Å². The Kier molecular flexibility index (Phi) is 2.67. The molecular weight excluding hydrogens is 254 g/mol. The second-order valence-corrected chi connectivity index (χ2v) is 6.27. The summed E-state index contributed by atoms with van der Waals surface area (Å²) in [6.45, 7) is 4.65. The van der Waals surface area contributed by atoms with Crippen molar-refractivity contribution in [3.63, 3.8) is 0 Å². The van der Waals surface area contributed by atoms with Crippen LogP contribution in [0.4, 0.5) is 0 Å². The van der Waals surface area contributed by atoms with Crippen molar-refractivity contribution in [3.05, 3.63) is 34.2 Å². The van der Waals surface area contributed by atoms with Gasteiger partial charge in [-0.15, -0.1) is 5.10 Å². The molecule has 0 amide bonds. The molecule has 0 N–H and O–H groups in total. The van der Waals surface area contributed by atoms with Gasteiger partial charge in [0.15, 0.2) is 0 Å². The quantitative estimate of drug-likeness (QED) is 0.840. The first-order valence-electron chi connectivity index (χ1n) is 7.06. The predicted octanol–water partition coefficient (Wildman–Crippen LogP) is 3.07. The zero-order valence-electron chi connectivity index (χ0n) is 11.1. The largest absolute Gasteiger partial charge is 0.296 e. The standard InChI is InChI=1S/C15H17N3S/c1-2-7-18-8-6-10-4-3-5-11-14(10)12(18)9-13-15(11)16-17-19-13/h3-5,12H,2,6-9H2,1H3. The maximum absolute atomic E-state index is 4.35. The molecule has 1 aliphatic heterocycles. The summed E-state index contributed by atoms with van der Waals surface area (Å²) in [5, 5.41) is 4.35. The molecule has 0 bridgehead atoms. The van der Waals surface area contributed by atoms with Gasteiger partial charge < -0.3 is 0 Å². The van der Waals surface area contributed by atoms with Crippen molar-refractivity contribution in [2.45, 2.75) is 32.2 Å². The van der Waals surface area contributed by atoms with Crippen molar-refractivity contribution in [1.82, 2.24) is 14.5 Å². The van der Waals surface area contributed by atoms with Gasteiger partial charge in [0, 0.05) is 24.6 Å². The molecule has 0 saturated heterocycles. The number of nitrogens with zero attached hydrogens (tertiary/aromatic N) is 3. The van der Waals surface area contributed by atoms with Crippen LogP contribution in [0.1, 0.15) is 35.4 Å². The van der Waals surface area contributed by atoms with Crippen molar-refractivity contribution >= 4 is 11.5 Å². The number of hydrogen-bond acceptors (Lipinski definition) is 4. The Morgan fingerprint density at radius 1 is 1.42 bits per heavy atom. The minimum Gasteiger partial charge on any atom is -0.296 e. The lowest BCUT2D eigenvalue weighted by atomic mass is 9.81.